The third-order valence-electron chi connectivity index (χ3n) is 8.26. The lowest BCUT2D eigenvalue weighted by Crippen LogP contribution is -2.57. The van der Waals surface area contributed by atoms with Gasteiger partial charge in [0.05, 0.1) is 34.1 Å². The fourth-order valence-corrected chi connectivity index (χ4v) is 6.20. The van der Waals surface area contributed by atoms with Crippen LogP contribution in [-0.2, 0) is 4.79 Å². The largest absolute Gasteiger partial charge is 0.507 e. The maximum Gasteiger partial charge on any atom is 0.355 e. The number of piperazine rings is 1. The van der Waals surface area contributed by atoms with Crippen LogP contribution in [0.1, 0.15) is 31.0 Å². The number of carbonyl (C=O) groups excluding carboxylic acids is 1. The van der Waals surface area contributed by atoms with E-state index >= 15 is 8.78 Å². The first-order valence-corrected chi connectivity index (χ1v) is 14.1. The number of nitrogens with zero attached hydrogens (tertiary/aromatic N) is 7. The Labute approximate surface area is 250 Å². The van der Waals surface area contributed by atoms with E-state index < -0.39 is 46.2 Å². The molecule has 13 heteroatoms. The first-order valence-electron chi connectivity index (χ1n) is 14.1. The van der Waals surface area contributed by atoms with Crippen molar-refractivity contribution in [2.45, 2.75) is 32.7 Å². The number of anilines is 2. The fourth-order valence-electron chi connectivity index (χ4n) is 6.20. The van der Waals surface area contributed by atoms with E-state index in [9.17, 15) is 19.1 Å². The number of pyridine rings is 2. The van der Waals surface area contributed by atoms with Crippen LogP contribution in [0, 0.1) is 24.4 Å². The van der Waals surface area contributed by atoms with Crippen molar-refractivity contribution in [3.05, 3.63) is 76.2 Å². The van der Waals surface area contributed by atoms with Crippen LogP contribution in [0.25, 0.3) is 28.0 Å². The number of aryl methyl sites for hydroxylation is 1. The van der Waals surface area contributed by atoms with E-state index in [2.05, 4.69) is 21.5 Å². The van der Waals surface area contributed by atoms with E-state index in [1.807, 2.05) is 18.7 Å². The molecule has 4 aromatic rings. The fraction of sp³-hybridized carbons (Fsp3) is 0.323. The molecule has 0 bridgehead atoms. The summed E-state index contributed by atoms with van der Waals surface area (Å²) in [5.74, 6) is -4.79. The smallest absolute Gasteiger partial charge is 0.355 e. The lowest BCUT2D eigenvalue weighted by atomic mass is 10.0. The lowest BCUT2D eigenvalue weighted by molar-refractivity contribution is -0.126. The first kappa shape index (κ1) is 29.1. The molecule has 1 unspecified atom stereocenters. The van der Waals surface area contributed by atoms with Gasteiger partial charge >= 0.3 is 5.69 Å². The number of fused-ring (bicyclic) bond motifs is 2. The first-order chi connectivity index (χ1) is 20.9. The van der Waals surface area contributed by atoms with Gasteiger partial charge in [0.15, 0.2) is 23.1 Å². The average Bonchev–Trinajstić information content (AvgIpc) is 3.11. The number of amides is 1. The normalized spacial score (nSPS) is 16.4. The van der Waals surface area contributed by atoms with Gasteiger partial charge in [0, 0.05) is 39.4 Å². The zero-order valence-electron chi connectivity index (χ0n) is 24.6. The molecular formula is C31H30F3N7O3. The van der Waals surface area contributed by atoms with Crippen molar-refractivity contribution >= 4 is 28.4 Å². The minimum absolute atomic E-state index is 0.0621. The van der Waals surface area contributed by atoms with Crippen LogP contribution in [0.2, 0.25) is 0 Å². The molecule has 6 rings (SSSR count). The second-order valence-corrected chi connectivity index (χ2v) is 11.4. The van der Waals surface area contributed by atoms with Crippen molar-refractivity contribution < 1.29 is 23.1 Å². The number of rotatable bonds is 4. The summed E-state index contributed by atoms with van der Waals surface area (Å²) in [6.07, 6.45) is 2.84. The summed E-state index contributed by atoms with van der Waals surface area (Å²) in [4.78, 5) is 45.1. The van der Waals surface area contributed by atoms with Crippen LogP contribution >= 0.6 is 0 Å². The van der Waals surface area contributed by atoms with Crippen LogP contribution in [-0.4, -0.2) is 74.7 Å². The summed E-state index contributed by atoms with van der Waals surface area (Å²) in [7, 11) is 1.62. The summed E-state index contributed by atoms with van der Waals surface area (Å²) < 4.78 is 47.7. The predicted octanol–water partition coefficient (Wildman–Crippen LogP) is 4.05. The van der Waals surface area contributed by atoms with Crippen LogP contribution in [0.5, 0.6) is 5.75 Å². The number of phenols is 1. The van der Waals surface area contributed by atoms with Gasteiger partial charge in [-0.05, 0) is 42.7 Å². The molecule has 0 aliphatic carbocycles. The molecule has 1 atom stereocenters. The van der Waals surface area contributed by atoms with Crippen LogP contribution < -0.4 is 15.5 Å². The third-order valence-corrected chi connectivity index (χ3v) is 8.26. The maximum atomic E-state index is 16.8. The van der Waals surface area contributed by atoms with Gasteiger partial charge in [0.1, 0.15) is 17.3 Å². The Morgan fingerprint density at radius 1 is 1.09 bits per heavy atom. The summed E-state index contributed by atoms with van der Waals surface area (Å²) in [5.41, 5.74) is -0.714. The molecule has 10 nitrogen and oxygen atoms in total. The zero-order valence-corrected chi connectivity index (χ0v) is 24.6. The second kappa shape index (κ2) is 10.6. The van der Waals surface area contributed by atoms with Crippen LogP contribution in [0.4, 0.5) is 24.7 Å². The SMILES string of the molecule is C=CC(=O)N1CCN2c3nc(=O)n(-c4c(C)ccnc4C(C)C)c4nc(-c5c(O)ccc(F)c5F)c(F)c(c34)N(C)CC2C1. The van der Waals surface area contributed by atoms with Crippen LogP contribution in [0.15, 0.2) is 41.8 Å². The van der Waals surface area contributed by atoms with Gasteiger partial charge in [0.25, 0.3) is 0 Å². The van der Waals surface area contributed by atoms with Crippen LogP contribution in [0.3, 0.4) is 0 Å². The monoisotopic (exact) mass is 605 g/mol. The highest BCUT2D eigenvalue weighted by atomic mass is 19.2. The van der Waals surface area contributed by atoms with E-state index in [1.165, 1.54) is 10.6 Å². The number of hydrogen-bond donors (Lipinski definition) is 1. The molecule has 1 fully saturated rings. The molecule has 0 saturated carbocycles. The van der Waals surface area contributed by atoms with Gasteiger partial charge in [-0.1, -0.05) is 20.4 Å². The molecule has 3 aromatic heterocycles. The number of hydrogen-bond acceptors (Lipinski definition) is 8. The lowest BCUT2D eigenvalue weighted by Gasteiger charge is -2.41. The van der Waals surface area contributed by atoms with E-state index in [-0.39, 0.29) is 54.0 Å². The third kappa shape index (κ3) is 4.37. The summed E-state index contributed by atoms with van der Waals surface area (Å²) in [5, 5.41) is 10.8. The maximum absolute atomic E-state index is 16.8. The molecule has 1 aromatic carbocycles. The minimum atomic E-state index is -1.49. The van der Waals surface area contributed by atoms with E-state index in [0.717, 1.165) is 12.1 Å². The van der Waals surface area contributed by atoms with E-state index in [0.29, 0.717) is 23.5 Å². The Balaban J connectivity index is 1.76. The van der Waals surface area contributed by atoms with E-state index in [4.69, 9.17) is 0 Å². The zero-order chi connectivity index (χ0) is 31.6. The molecule has 2 aliphatic rings. The van der Waals surface area contributed by atoms with Gasteiger partial charge in [-0.25, -0.2) is 27.5 Å². The number of carbonyl (C=O) groups is 1. The molecule has 2 aliphatic heterocycles. The van der Waals surface area contributed by atoms with Gasteiger partial charge < -0.3 is 19.8 Å². The number of benzene rings is 1. The highest BCUT2D eigenvalue weighted by Gasteiger charge is 2.39. The summed E-state index contributed by atoms with van der Waals surface area (Å²) >= 11 is 0. The Kier molecular flexibility index (Phi) is 7.05. The number of aromatic hydroxyl groups is 1. The second-order valence-electron chi connectivity index (χ2n) is 11.4. The Bertz CT molecular complexity index is 1930. The van der Waals surface area contributed by atoms with Gasteiger partial charge in [-0.3, -0.25) is 9.78 Å². The number of aromatic nitrogens is 4. The molecular weight excluding hydrogens is 575 g/mol. The molecule has 1 saturated heterocycles. The Hall–Kier alpha value is -4.94. The standard InChI is InChI=1S/C31H30F3N7O3/c1-6-20(43)39-11-12-40-17(14-39)13-38(5)28-22-29(40)37-31(44)41(27-16(4)9-10-35-25(27)15(2)3)30(22)36-26(24(28)34)21-19(42)8-7-18(32)23(21)33/h6-10,15,17,42H,1,11-14H2,2-5H3. The highest BCUT2D eigenvalue weighted by Crippen LogP contribution is 2.44. The molecule has 1 amide bonds. The molecule has 0 radical (unpaired) electrons. The summed E-state index contributed by atoms with van der Waals surface area (Å²) in [6, 6.07) is 2.95. The van der Waals surface area contributed by atoms with Crippen molar-refractivity contribution in [3.63, 3.8) is 0 Å². The quantitative estimate of drug-likeness (QED) is 0.348. The number of phenolic OH excluding ortho intramolecular Hbond substituents is 1. The molecule has 5 heterocycles. The molecule has 44 heavy (non-hydrogen) atoms. The van der Waals surface area contributed by atoms with Crippen molar-refractivity contribution in [2.24, 2.45) is 0 Å². The number of halogens is 3. The molecule has 1 N–H and O–H groups in total. The van der Waals surface area contributed by atoms with Gasteiger partial charge in [0.2, 0.25) is 5.91 Å². The average molecular weight is 606 g/mol. The Morgan fingerprint density at radius 3 is 2.55 bits per heavy atom. The van der Waals surface area contributed by atoms with E-state index in [1.54, 1.807) is 36.0 Å². The topological polar surface area (TPSA) is 108 Å². The Morgan fingerprint density at radius 2 is 1.84 bits per heavy atom. The van der Waals surface area contributed by atoms with Crippen molar-refractivity contribution in [2.75, 3.05) is 43.0 Å². The van der Waals surface area contributed by atoms with Crippen molar-refractivity contribution in [3.8, 4) is 22.7 Å². The minimum Gasteiger partial charge on any atom is -0.507 e. The van der Waals surface area contributed by atoms with Gasteiger partial charge in [-0.2, -0.15) is 4.98 Å². The van der Waals surface area contributed by atoms with Crippen molar-refractivity contribution in [1.29, 1.82) is 0 Å². The molecule has 228 valence electrons. The summed E-state index contributed by atoms with van der Waals surface area (Å²) in [6.45, 7) is 10.2. The molecule has 0 spiro atoms. The number of likely N-dealkylation sites (N-methyl/N-ethyl adjacent to an activating group) is 1. The predicted molar refractivity (Wildman–Crippen MR) is 160 cm³/mol. The van der Waals surface area contributed by atoms with Gasteiger partial charge in [-0.15, -0.1) is 0 Å². The highest BCUT2D eigenvalue weighted by molar-refractivity contribution is 6.02. The van der Waals surface area contributed by atoms with Crippen molar-refractivity contribution in [1.82, 2.24) is 24.4 Å².